The summed E-state index contributed by atoms with van der Waals surface area (Å²) in [5.74, 6) is 0. The first-order chi connectivity index (χ1) is 18.2. The van der Waals surface area contributed by atoms with E-state index in [1.54, 1.807) is 0 Å². The van der Waals surface area contributed by atoms with Crippen LogP contribution in [-0.2, 0) is 30.7 Å². The van der Waals surface area contributed by atoms with Crippen LogP contribution < -0.4 is 24.8 Å². The quantitative estimate of drug-likeness (QED) is 0.255. The minimum absolute atomic E-state index is 0. The van der Waals surface area contributed by atoms with Gasteiger partial charge in [-0.25, -0.2) is 0 Å². The van der Waals surface area contributed by atoms with Gasteiger partial charge in [-0.2, -0.15) is 52.6 Å². The van der Waals surface area contributed by atoms with Gasteiger partial charge in [0.15, 0.2) is 0 Å². The van der Waals surface area contributed by atoms with Crippen LogP contribution in [-0.4, -0.2) is 3.21 Å². The van der Waals surface area contributed by atoms with Gasteiger partial charge in [0.05, 0.1) is 0 Å². The van der Waals surface area contributed by atoms with E-state index in [0.717, 1.165) is 6.42 Å². The predicted molar refractivity (Wildman–Crippen MR) is 160 cm³/mol. The molecule has 0 radical (unpaired) electrons. The van der Waals surface area contributed by atoms with Gasteiger partial charge in [-0.1, -0.05) is 45.4 Å². The molecule has 6 rings (SSSR count). The van der Waals surface area contributed by atoms with Crippen LogP contribution in [0.4, 0.5) is 0 Å². The molecule has 0 bridgehead atoms. The number of aryl methyl sites for hydroxylation is 6. The zero-order valence-corrected chi connectivity index (χ0v) is 28.2. The topological polar surface area (TPSA) is 0 Å². The molecule has 1 aliphatic rings. The molecule has 0 amide bonds. The van der Waals surface area contributed by atoms with E-state index in [9.17, 15) is 0 Å². The van der Waals surface area contributed by atoms with Gasteiger partial charge in [0.1, 0.15) is 0 Å². The van der Waals surface area contributed by atoms with Crippen molar-refractivity contribution in [1.29, 1.82) is 0 Å². The second-order valence-electron chi connectivity index (χ2n) is 10.2. The van der Waals surface area contributed by atoms with Crippen LogP contribution in [0.25, 0.3) is 11.1 Å². The molecule has 0 unspecified atom stereocenters. The molecule has 5 aromatic carbocycles. The molecule has 0 atom stereocenters. The van der Waals surface area contributed by atoms with Crippen molar-refractivity contribution in [1.82, 2.24) is 0 Å². The molecule has 3 heteroatoms. The Morgan fingerprint density at radius 1 is 0.625 bits per heavy atom. The molecule has 1 aliphatic carbocycles. The Morgan fingerprint density at radius 2 is 1.10 bits per heavy atom. The zero-order valence-electron chi connectivity index (χ0n) is 24.2. The first kappa shape index (κ1) is 33.8. The molecule has 5 aromatic rings. The van der Waals surface area contributed by atoms with E-state index in [1.165, 1.54) is 94.2 Å². The van der Waals surface area contributed by atoms with E-state index in [1.807, 2.05) is 0 Å². The van der Waals surface area contributed by atoms with Gasteiger partial charge in [-0.3, -0.25) is 0 Å². The maximum absolute atomic E-state index is 3.54. The summed E-state index contributed by atoms with van der Waals surface area (Å²) in [5, 5.41) is 0. The van der Waals surface area contributed by atoms with Crippen LogP contribution in [0, 0.1) is 47.6 Å². The molecule has 0 saturated heterocycles. The summed E-state index contributed by atoms with van der Waals surface area (Å²) in [4.78, 5) is 0. The molecule has 204 valence electrons. The Hall–Kier alpha value is -2.44. The van der Waals surface area contributed by atoms with Crippen LogP contribution in [0.5, 0.6) is 0 Å². The Kier molecular flexibility index (Phi) is 13.1. The molecular weight excluding hydrogens is 607 g/mol. The molecule has 0 heterocycles. The first-order valence-corrected chi connectivity index (χ1v) is 14.5. The average Bonchev–Trinajstić information content (AvgIpc) is 3.47. The van der Waals surface area contributed by atoms with Crippen molar-refractivity contribution in [3.63, 3.8) is 0 Å². The number of fused-ring (bicyclic) bond motifs is 3. The standard InChI is InChI=1S/C17H17.C13H10.C7H9.2ClH.Zr/c1-10-5-14-9-15-6-11(2)13(4)8-17(15)16(14)7-12(10)3;1-3-7-12(8-4-1)11-13-9-5-2-6-10-13;1-6-4-3-5-7(6)2;;;/h5,7-8H,9H2,1-4H3;1-10H;3-5H,1-2H3;2*1H;/q-1;;-1;;;+2/p-2. The summed E-state index contributed by atoms with van der Waals surface area (Å²) >= 11 is 1.46. The minimum atomic E-state index is 0. The third-order valence-corrected chi connectivity index (χ3v) is 8.85. The Morgan fingerprint density at radius 3 is 1.57 bits per heavy atom. The van der Waals surface area contributed by atoms with Gasteiger partial charge in [0.2, 0.25) is 0 Å². The molecule has 0 nitrogen and oxygen atoms in total. The predicted octanol–water partition coefficient (Wildman–Crippen LogP) is 3.12. The van der Waals surface area contributed by atoms with E-state index in [4.69, 9.17) is 0 Å². The maximum atomic E-state index is 3.54. The van der Waals surface area contributed by atoms with Crippen LogP contribution >= 0.6 is 0 Å². The van der Waals surface area contributed by atoms with E-state index in [0.29, 0.717) is 0 Å². The fourth-order valence-electron chi connectivity index (χ4n) is 4.62. The summed E-state index contributed by atoms with van der Waals surface area (Å²) in [6, 6.07) is 38.0. The molecule has 0 N–H and O–H groups in total. The molecule has 0 fully saturated rings. The van der Waals surface area contributed by atoms with E-state index in [2.05, 4.69) is 145 Å². The van der Waals surface area contributed by atoms with Crippen molar-refractivity contribution in [3.8, 4) is 11.1 Å². The fraction of sp³-hybridized carbons (Fsp3) is 0.189. The molecule has 40 heavy (non-hydrogen) atoms. The summed E-state index contributed by atoms with van der Waals surface area (Å²) in [6.07, 6.45) is 1.05. The first-order valence-electron chi connectivity index (χ1n) is 13.3. The normalized spacial score (nSPS) is 10.4. The summed E-state index contributed by atoms with van der Waals surface area (Å²) in [6.45, 7) is 12.9. The number of rotatable bonds is 2. The molecule has 0 aromatic heterocycles. The van der Waals surface area contributed by atoms with Crippen LogP contribution in [0.2, 0.25) is 0 Å². The van der Waals surface area contributed by atoms with Crippen LogP contribution in [0.15, 0.2) is 97.1 Å². The molecular formula is C37H36Cl2Zr-2. The number of halogens is 2. The van der Waals surface area contributed by atoms with Crippen molar-refractivity contribution in [2.45, 2.75) is 48.0 Å². The zero-order chi connectivity index (χ0) is 27.2. The molecule has 0 saturated carbocycles. The molecule has 0 spiro atoms. The van der Waals surface area contributed by atoms with Crippen molar-refractivity contribution < 1.29 is 49.0 Å². The third-order valence-electron chi connectivity index (χ3n) is 7.43. The summed E-state index contributed by atoms with van der Waals surface area (Å²) in [7, 11) is 0. The second kappa shape index (κ2) is 15.5. The summed E-state index contributed by atoms with van der Waals surface area (Å²) in [5.41, 5.74) is 16.5. The van der Waals surface area contributed by atoms with Crippen LogP contribution in [0.3, 0.4) is 0 Å². The van der Waals surface area contributed by atoms with Gasteiger partial charge in [-0.05, 0) is 37.0 Å². The van der Waals surface area contributed by atoms with Crippen molar-refractivity contribution in [2.75, 3.05) is 0 Å². The van der Waals surface area contributed by atoms with Gasteiger partial charge in [0, 0.05) is 0 Å². The van der Waals surface area contributed by atoms with Crippen LogP contribution in [0.1, 0.15) is 55.6 Å². The number of benzene rings is 4. The monoisotopic (exact) mass is 640 g/mol. The van der Waals surface area contributed by atoms with E-state index >= 15 is 0 Å². The average molecular weight is 643 g/mol. The van der Waals surface area contributed by atoms with Crippen molar-refractivity contribution >= 4 is 3.21 Å². The van der Waals surface area contributed by atoms with Crippen molar-refractivity contribution in [2.24, 2.45) is 0 Å². The molecule has 0 aliphatic heterocycles. The van der Waals surface area contributed by atoms with Gasteiger partial charge >= 0.3 is 99.2 Å². The summed E-state index contributed by atoms with van der Waals surface area (Å²) < 4.78 is 1.42. The van der Waals surface area contributed by atoms with Crippen molar-refractivity contribution in [3.05, 3.63) is 159 Å². The fourth-order valence-corrected chi connectivity index (χ4v) is 5.44. The number of hydrogen-bond donors (Lipinski definition) is 0. The SMILES string of the molecule is Cc1[c-]c2c(cc1C)-c1cc(C)c(C)cc1C2.Cc1c[cH-]cc1C.[Cl-].[Cl-].[Zr+2]=[C](c1ccccc1)c1ccccc1. The Bertz CT molecular complexity index is 1430. The van der Waals surface area contributed by atoms with E-state index < -0.39 is 0 Å². The van der Waals surface area contributed by atoms with Gasteiger partial charge < -0.3 is 24.8 Å². The van der Waals surface area contributed by atoms with E-state index in [-0.39, 0.29) is 24.8 Å². The van der Waals surface area contributed by atoms with Gasteiger partial charge in [0.25, 0.3) is 0 Å². The second-order valence-corrected chi connectivity index (χ2v) is 11.5. The number of hydrogen-bond acceptors (Lipinski definition) is 0. The third kappa shape index (κ3) is 8.30. The van der Waals surface area contributed by atoms with Gasteiger partial charge in [-0.15, -0.1) is 11.1 Å². The Labute approximate surface area is 268 Å². The Balaban J connectivity index is 0.000000221.